The first-order valence-corrected chi connectivity index (χ1v) is 13.0. The van der Waals surface area contributed by atoms with Crippen molar-refractivity contribution in [3.8, 4) is 0 Å². The number of allylic oxidation sites excluding steroid dienone is 3. The van der Waals surface area contributed by atoms with Crippen LogP contribution in [-0.4, -0.2) is 79.3 Å². The van der Waals surface area contributed by atoms with Crippen LogP contribution in [0.25, 0.3) is 0 Å². The Morgan fingerprint density at radius 2 is 2.06 bits per heavy atom. The third kappa shape index (κ3) is 6.59. The molecular formula is C25H33BrClFN4O. The Morgan fingerprint density at radius 3 is 2.82 bits per heavy atom. The average molecular weight is 540 g/mol. The van der Waals surface area contributed by atoms with Crippen molar-refractivity contribution in [1.82, 2.24) is 20.0 Å². The first-order chi connectivity index (χ1) is 15.9. The van der Waals surface area contributed by atoms with Crippen LogP contribution in [0.2, 0.25) is 0 Å². The SMILES string of the molecule is CN1CCN(CCCN(C(=O)NC2=CCC(F)C(Cl)=C2)C2CCc3cc(Br)ccc3C2)CC1. The summed E-state index contributed by atoms with van der Waals surface area (Å²) in [7, 11) is 2.16. The number of urea groups is 1. The van der Waals surface area contributed by atoms with E-state index in [1.165, 1.54) is 17.2 Å². The van der Waals surface area contributed by atoms with Crippen LogP contribution in [0, 0.1) is 0 Å². The molecule has 180 valence electrons. The highest BCUT2D eigenvalue weighted by Gasteiger charge is 2.29. The number of fused-ring (bicyclic) bond motifs is 1. The second-order valence-electron chi connectivity index (χ2n) is 9.32. The number of hydrogen-bond donors (Lipinski definition) is 1. The van der Waals surface area contributed by atoms with E-state index < -0.39 is 6.17 Å². The second kappa shape index (κ2) is 11.3. The summed E-state index contributed by atoms with van der Waals surface area (Å²) >= 11 is 9.56. The normalized spacial score (nSPS) is 24.0. The lowest BCUT2D eigenvalue weighted by atomic mass is 9.87. The topological polar surface area (TPSA) is 38.8 Å². The van der Waals surface area contributed by atoms with Crippen LogP contribution in [0.3, 0.4) is 0 Å². The quantitative estimate of drug-likeness (QED) is 0.569. The van der Waals surface area contributed by atoms with Crippen molar-refractivity contribution >= 4 is 33.6 Å². The van der Waals surface area contributed by atoms with Crippen molar-refractivity contribution in [3.05, 3.63) is 56.7 Å². The summed E-state index contributed by atoms with van der Waals surface area (Å²) in [4.78, 5) is 20.2. The number of aryl methyl sites for hydroxylation is 1. The van der Waals surface area contributed by atoms with Crippen molar-refractivity contribution in [3.63, 3.8) is 0 Å². The zero-order chi connectivity index (χ0) is 23.4. The molecule has 5 nitrogen and oxygen atoms in total. The maximum Gasteiger partial charge on any atom is 0.322 e. The van der Waals surface area contributed by atoms with E-state index in [1.54, 1.807) is 6.08 Å². The molecule has 0 aromatic heterocycles. The molecule has 2 atom stereocenters. The number of rotatable bonds is 6. The van der Waals surface area contributed by atoms with Crippen molar-refractivity contribution in [2.24, 2.45) is 0 Å². The molecule has 0 radical (unpaired) electrons. The number of likely N-dealkylation sites (N-methyl/N-ethyl adjacent to an activating group) is 1. The van der Waals surface area contributed by atoms with Gasteiger partial charge in [0.05, 0.1) is 5.03 Å². The van der Waals surface area contributed by atoms with Gasteiger partial charge in [0.2, 0.25) is 0 Å². The number of piperazine rings is 1. The monoisotopic (exact) mass is 538 g/mol. The average Bonchev–Trinajstić information content (AvgIpc) is 2.80. The molecule has 1 fully saturated rings. The van der Waals surface area contributed by atoms with E-state index in [4.69, 9.17) is 11.6 Å². The fourth-order valence-corrected chi connectivity index (χ4v) is 5.49. The number of benzene rings is 1. The number of nitrogens with one attached hydrogen (secondary N) is 1. The molecule has 1 N–H and O–H groups in total. The Labute approximate surface area is 209 Å². The van der Waals surface area contributed by atoms with Gasteiger partial charge in [0.25, 0.3) is 0 Å². The van der Waals surface area contributed by atoms with E-state index in [1.807, 2.05) is 4.90 Å². The summed E-state index contributed by atoms with van der Waals surface area (Å²) in [6, 6.07) is 6.45. The predicted molar refractivity (Wildman–Crippen MR) is 135 cm³/mol. The second-order valence-corrected chi connectivity index (χ2v) is 10.7. The van der Waals surface area contributed by atoms with E-state index in [0.29, 0.717) is 12.2 Å². The van der Waals surface area contributed by atoms with Gasteiger partial charge in [-0.15, -0.1) is 0 Å². The summed E-state index contributed by atoms with van der Waals surface area (Å²) in [5, 5.41) is 3.13. The Balaban J connectivity index is 1.42. The Kier molecular flexibility index (Phi) is 8.49. The minimum absolute atomic E-state index is 0.122. The molecule has 2 amide bonds. The number of alkyl halides is 1. The number of hydrogen-bond acceptors (Lipinski definition) is 3. The lowest BCUT2D eigenvalue weighted by molar-refractivity contribution is 0.138. The highest BCUT2D eigenvalue weighted by atomic mass is 79.9. The molecule has 1 aromatic rings. The van der Waals surface area contributed by atoms with Gasteiger partial charge in [0.15, 0.2) is 0 Å². The first kappa shape index (κ1) is 24.7. The Bertz CT molecular complexity index is 916. The number of amides is 2. The van der Waals surface area contributed by atoms with Crippen LogP contribution in [0.5, 0.6) is 0 Å². The van der Waals surface area contributed by atoms with Crippen LogP contribution in [0.1, 0.15) is 30.4 Å². The summed E-state index contributed by atoms with van der Waals surface area (Å²) in [5.41, 5.74) is 3.26. The van der Waals surface area contributed by atoms with Crippen LogP contribution in [-0.2, 0) is 12.8 Å². The lowest BCUT2D eigenvalue weighted by Crippen LogP contribution is -2.49. The summed E-state index contributed by atoms with van der Waals surface area (Å²) in [6.45, 7) is 6.03. The van der Waals surface area contributed by atoms with E-state index in [-0.39, 0.29) is 23.5 Å². The molecule has 2 unspecified atom stereocenters. The number of halogens is 3. The molecule has 0 bridgehead atoms. The van der Waals surface area contributed by atoms with Gasteiger partial charge in [0, 0.05) is 55.4 Å². The molecule has 2 aliphatic carbocycles. The van der Waals surface area contributed by atoms with Crippen LogP contribution >= 0.6 is 27.5 Å². The molecule has 0 spiro atoms. The molecule has 1 aromatic carbocycles. The van der Waals surface area contributed by atoms with Gasteiger partial charge in [0.1, 0.15) is 6.17 Å². The zero-order valence-corrected chi connectivity index (χ0v) is 21.5. The third-order valence-corrected chi connectivity index (χ3v) is 7.77. The number of carbonyl (C=O) groups is 1. The fourth-order valence-electron chi connectivity index (χ4n) is 4.88. The van der Waals surface area contributed by atoms with E-state index in [2.05, 4.69) is 56.3 Å². The predicted octanol–water partition coefficient (Wildman–Crippen LogP) is 4.70. The molecule has 33 heavy (non-hydrogen) atoms. The number of nitrogens with zero attached hydrogens (tertiary/aromatic N) is 3. The molecule has 1 saturated heterocycles. The Hall–Kier alpha value is -1.41. The van der Waals surface area contributed by atoms with Crippen molar-refractivity contribution in [2.75, 3.05) is 46.3 Å². The summed E-state index contributed by atoms with van der Waals surface area (Å²) in [5.74, 6) is 0. The van der Waals surface area contributed by atoms with E-state index >= 15 is 0 Å². The van der Waals surface area contributed by atoms with Crippen molar-refractivity contribution in [2.45, 2.75) is 44.3 Å². The molecule has 0 saturated carbocycles. The van der Waals surface area contributed by atoms with Crippen molar-refractivity contribution in [1.29, 1.82) is 0 Å². The molecule has 1 heterocycles. The van der Waals surface area contributed by atoms with Crippen LogP contribution < -0.4 is 5.32 Å². The first-order valence-electron chi connectivity index (χ1n) is 11.9. The molecular weight excluding hydrogens is 507 g/mol. The van der Waals surface area contributed by atoms with Crippen LogP contribution in [0.4, 0.5) is 9.18 Å². The summed E-state index contributed by atoms with van der Waals surface area (Å²) in [6.07, 6.45) is 5.94. The standard InChI is InChI=1S/C25H33BrClFN4O/c1-30-11-13-31(14-12-30)9-2-10-32(25(33)29-21-6-8-24(28)23(27)17-21)22-7-4-18-15-20(26)5-3-19(18)16-22/h3,5-6,15,17,22,24H,2,4,7-14,16H2,1H3,(H,29,33). The van der Waals surface area contributed by atoms with E-state index in [0.717, 1.165) is 62.9 Å². The molecule has 3 aliphatic rings. The minimum atomic E-state index is -1.18. The zero-order valence-electron chi connectivity index (χ0n) is 19.2. The van der Waals surface area contributed by atoms with Crippen LogP contribution in [0.15, 0.2) is 45.6 Å². The lowest BCUT2D eigenvalue weighted by Gasteiger charge is -2.37. The third-order valence-electron chi connectivity index (χ3n) is 6.93. The largest absolute Gasteiger partial charge is 0.322 e. The Morgan fingerprint density at radius 1 is 1.27 bits per heavy atom. The summed E-state index contributed by atoms with van der Waals surface area (Å²) < 4.78 is 14.8. The van der Waals surface area contributed by atoms with Gasteiger partial charge in [-0.25, -0.2) is 9.18 Å². The minimum Gasteiger partial charge on any atom is -0.321 e. The highest BCUT2D eigenvalue weighted by molar-refractivity contribution is 9.10. The maximum absolute atomic E-state index is 13.7. The van der Waals surface area contributed by atoms with Gasteiger partial charge in [-0.05, 0) is 68.6 Å². The highest BCUT2D eigenvalue weighted by Crippen LogP contribution is 2.28. The van der Waals surface area contributed by atoms with Gasteiger partial charge in [-0.1, -0.05) is 39.7 Å². The number of carbonyl (C=O) groups excluding carboxylic acids is 1. The molecule has 8 heteroatoms. The maximum atomic E-state index is 13.7. The molecule has 1 aliphatic heterocycles. The smallest absolute Gasteiger partial charge is 0.321 e. The van der Waals surface area contributed by atoms with Crippen molar-refractivity contribution < 1.29 is 9.18 Å². The van der Waals surface area contributed by atoms with Gasteiger partial charge in [-0.2, -0.15) is 0 Å². The molecule has 4 rings (SSSR count). The fraction of sp³-hybridized carbons (Fsp3) is 0.560. The van der Waals surface area contributed by atoms with Gasteiger partial charge >= 0.3 is 6.03 Å². The van der Waals surface area contributed by atoms with E-state index in [9.17, 15) is 9.18 Å². The van der Waals surface area contributed by atoms with Gasteiger partial charge < -0.3 is 20.0 Å². The van der Waals surface area contributed by atoms with Gasteiger partial charge in [-0.3, -0.25) is 0 Å².